The summed E-state index contributed by atoms with van der Waals surface area (Å²) in [5.74, 6) is -0.0743. The van der Waals surface area contributed by atoms with Crippen LogP contribution in [0.3, 0.4) is 0 Å². The van der Waals surface area contributed by atoms with E-state index in [1.54, 1.807) is 6.07 Å². The molecule has 7 heteroatoms. The van der Waals surface area contributed by atoms with E-state index in [1.165, 1.54) is 19.1 Å². The van der Waals surface area contributed by atoms with Crippen LogP contribution >= 0.6 is 0 Å². The number of nitrogens with one attached hydrogen (secondary N) is 1. The van der Waals surface area contributed by atoms with Gasteiger partial charge in [-0.25, -0.2) is 0 Å². The predicted octanol–water partition coefficient (Wildman–Crippen LogP) is 1.43. The molecule has 0 heterocycles. The molecule has 1 aromatic carbocycles. The first-order valence-corrected chi connectivity index (χ1v) is 6.10. The Balaban J connectivity index is 2.69. The molecule has 1 amide bonds. The van der Waals surface area contributed by atoms with Gasteiger partial charge in [-0.1, -0.05) is 0 Å². The molecular weight excluding hydrogens is 260 g/mol. The molecule has 0 radical (unpaired) electrons. The normalized spacial score (nSPS) is 9.65. The number of hydrogen-bond donors (Lipinski definition) is 1. The molecule has 0 unspecified atom stereocenters. The van der Waals surface area contributed by atoms with Gasteiger partial charge < -0.3 is 10.2 Å². The van der Waals surface area contributed by atoms with Crippen molar-refractivity contribution in [3.8, 4) is 6.07 Å². The van der Waals surface area contributed by atoms with Crippen molar-refractivity contribution in [3.05, 3.63) is 33.9 Å². The number of carbonyl (C=O) groups is 1. The van der Waals surface area contributed by atoms with Crippen LogP contribution in [-0.4, -0.2) is 31.0 Å². The Hall–Kier alpha value is -2.62. The first kappa shape index (κ1) is 15.4. The van der Waals surface area contributed by atoms with Crippen LogP contribution in [0.2, 0.25) is 0 Å². The highest BCUT2D eigenvalue weighted by molar-refractivity contribution is 5.72. The Morgan fingerprint density at radius 1 is 1.55 bits per heavy atom. The molecule has 0 aliphatic carbocycles. The highest BCUT2D eigenvalue weighted by atomic mass is 16.6. The van der Waals surface area contributed by atoms with Gasteiger partial charge in [0.2, 0.25) is 5.91 Å². The number of nitrogens with zero attached hydrogens (tertiary/aromatic N) is 3. The minimum Gasteiger partial charge on any atom is -0.374 e. The van der Waals surface area contributed by atoms with E-state index in [0.717, 1.165) is 12.1 Å². The number of carbonyl (C=O) groups excluding carboxylic acids is 1. The summed E-state index contributed by atoms with van der Waals surface area (Å²) >= 11 is 0. The molecule has 0 aliphatic rings. The summed E-state index contributed by atoms with van der Waals surface area (Å²) in [6, 6.07) is 6.27. The second-order valence-corrected chi connectivity index (χ2v) is 4.33. The largest absolute Gasteiger partial charge is 0.374 e. The molecule has 1 aromatic rings. The molecule has 0 spiro atoms. The lowest BCUT2D eigenvalue weighted by atomic mass is 10.1. The Bertz CT molecular complexity index is 551. The van der Waals surface area contributed by atoms with E-state index in [2.05, 4.69) is 5.32 Å². The van der Waals surface area contributed by atoms with Crippen molar-refractivity contribution >= 4 is 17.3 Å². The predicted molar refractivity (Wildman–Crippen MR) is 74.4 cm³/mol. The molecule has 106 valence electrons. The lowest BCUT2D eigenvalue weighted by Gasteiger charge is -2.19. The summed E-state index contributed by atoms with van der Waals surface area (Å²) < 4.78 is 0. The van der Waals surface area contributed by atoms with Gasteiger partial charge in [0.1, 0.15) is 11.6 Å². The van der Waals surface area contributed by atoms with Crippen molar-refractivity contribution in [1.82, 2.24) is 5.32 Å². The topological polar surface area (TPSA) is 99.3 Å². The maximum absolute atomic E-state index is 10.7. The third-order valence-electron chi connectivity index (χ3n) is 2.78. The molecule has 0 saturated carbocycles. The molecule has 0 fully saturated rings. The molecule has 0 atom stereocenters. The number of nitro benzene ring substituents is 1. The number of nitriles is 1. The zero-order chi connectivity index (χ0) is 15.1. The monoisotopic (exact) mass is 276 g/mol. The van der Waals surface area contributed by atoms with Crippen molar-refractivity contribution in [2.75, 3.05) is 25.0 Å². The fourth-order valence-electron chi connectivity index (χ4n) is 1.72. The van der Waals surface area contributed by atoms with Gasteiger partial charge in [-0.05, 0) is 18.6 Å². The second-order valence-electron chi connectivity index (χ2n) is 4.33. The van der Waals surface area contributed by atoms with Crippen LogP contribution in [0.15, 0.2) is 18.2 Å². The van der Waals surface area contributed by atoms with Gasteiger partial charge in [-0.2, -0.15) is 5.26 Å². The molecule has 0 aromatic heterocycles. The molecule has 1 N–H and O–H groups in total. The lowest BCUT2D eigenvalue weighted by Crippen LogP contribution is -2.26. The van der Waals surface area contributed by atoms with Crippen molar-refractivity contribution in [2.24, 2.45) is 0 Å². The van der Waals surface area contributed by atoms with Crippen LogP contribution in [0, 0.1) is 21.4 Å². The molecule has 0 saturated heterocycles. The fourth-order valence-corrected chi connectivity index (χ4v) is 1.72. The number of benzene rings is 1. The highest BCUT2D eigenvalue weighted by Crippen LogP contribution is 2.23. The maximum atomic E-state index is 10.7. The van der Waals surface area contributed by atoms with Crippen LogP contribution in [0.4, 0.5) is 11.4 Å². The molecule has 20 heavy (non-hydrogen) atoms. The van der Waals surface area contributed by atoms with E-state index in [1.807, 2.05) is 18.0 Å². The Labute approximate surface area is 117 Å². The summed E-state index contributed by atoms with van der Waals surface area (Å²) in [6.45, 7) is 2.69. The van der Waals surface area contributed by atoms with Gasteiger partial charge in [0.15, 0.2) is 0 Å². The number of hydrogen-bond acceptors (Lipinski definition) is 5. The van der Waals surface area contributed by atoms with Crippen LogP contribution in [0.5, 0.6) is 0 Å². The van der Waals surface area contributed by atoms with E-state index < -0.39 is 4.92 Å². The number of nitro groups is 1. The third-order valence-corrected chi connectivity index (χ3v) is 2.78. The quantitative estimate of drug-likeness (QED) is 0.481. The summed E-state index contributed by atoms with van der Waals surface area (Å²) in [4.78, 5) is 22.8. The summed E-state index contributed by atoms with van der Waals surface area (Å²) in [6.07, 6.45) is 0.745. The minimum absolute atomic E-state index is 0.0428. The Morgan fingerprint density at radius 3 is 2.80 bits per heavy atom. The van der Waals surface area contributed by atoms with Gasteiger partial charge in [-0.3, -0.25) is 14.9 Å². The van der Waals surface area contributed by atoms with Crippen molar-refractivity contribution in [3.63, 3.8) is 0 Å². The van der Waals surface area contributed by atoms with E-state index in [0.29, 0.717) is 13.1 Å². The van der Waals surface area contributed by atoms with Crippen LogP contribution in [0.1, 0.15) is 18.9 Å². The Kier molecular flexibility index (Phi) is 5.47. The first-order valence-electron chi connectivity index (χ1n) is 6.10. The van der Waals surface area contributed by atoms with Gasteiger partial charge in [0.05, 0.1) is 4.92 Å². The van der Waals surface area contributed by atoms with Gasteiger partial charge in [0, 0.05) is 38.8 Å². The maximum Gasteiger partial charge on any atom is 0.287 e. The average Bonchev–Trinajstić information content (AvgIpc) is 2.42. The van der Waals surface area contributed by atoms with Gasteiger partial charge in [-0.15, -0.1) is 0 Å². The van der Waals surface area contributed by atoms with Crippen LogP contribution in [0.25, 0.3) is 0 Å². The van der Waals surface area contributed by atoms with Crippen molar-refractivity contribution < 1.29 is 9.72 Å². The molecule has 0 aliphatic heterocycles. The number of rotatable bonds is 6. The average molecular weight is 276 g/mol. The minimum atomic E-state index is -0.570. The molecule has 0 bridgehead atoms. The summed E-state index contributed by atoms with van der Waals surface area (Å²) in [7, 11) is 1.83. The standard InChI is InChI=1S/C13H16N4O3/c1-10(18)15-6-3-7-16(2)12-4-5-13(17(19)20)11(8-12)9-14/h4-5,8H,3,6-7H2,1-2H3,(H,15,18). The molecule has 1 rings (SSSR count). The first-order chi connectivity index (χ1) is 9.45. The fraction of sp³-hybridized carbons (Fsp3) is 0.385. The van der Waals surface area contributed by atoms with E-state index in [4.69, 9.17) is 5.26 Å². The highest BCUT2D eigenvalue weighted by Gasteiger charge is 2.14. The SMILES string of the molecule is CC(=O)NCCCN(C)c1ccc([N+](=O)[O-])c(C#N)c1. The second kappa shape index (κ2) is 7.09. The molecular formula is C13H16N4O3. The van der Waals surface area contributed by atoms with Crippen molar-refractivity contribution in [2.45, 2.75) is 13.3 Å². The van der Waals surface area contributed by atoms with E-state index >= 15 is 0 Å². The molecule has 7 nitrogen and oxygen atoms in total. The number of amides is 1. The lowest BCUT2D eigenvalue weighted by molar-refractivity contribution is -0.385. The van der Waals surface area contributed by atoms with E-state index in [-0.39, 0.29) is 17.2 Å². The third kappa shape index (κ3) is 4.24. The van der Waals surface area contributed by atoms with Gasteiger partial charge in [0.25, 0.3) is 5.69 Å². The zero-order valence-electron chi connectivity index (χ0n) is 11.4. The van der Waals surface area contributed by atoms with Crippen molar-refractivity contribution in [1.29, 1.82) is 5.26 Å². The van der Waals surface area contributed by atoms with Crippen LogP contribution < -0.4 is 10.2 Å². The Morgan fingerprint density at radius 2 is 2.25 bits per heavy atom. The smallest absolute Gasteiger partial charge is 0.287 e. The van der Waals surface area contributed by atoms with E-state index in [9.17, 15) is 14.9 Å². The zero-order valence-corrected chi connectivity index (χ0v) is 11.4. The van der Waals surface area contributed by atoms with Crippen LogP contribution in [-0.2, 0) is 4.79 Å². The number of anilines is 1. The summed E-state index contributed by atoms with van der Waals surface area (Å²) in [5, 5.41) is 22.4. The summed E-state index contributed by atoms with van der Waals surface area (Å²) in [5.41, 5.74) is 0.582. The van der Waals surface area contributed by atoms with Gasteiger partial charge >= 0.3 is 0 Å².